The number of nitrogens with two attached hydrogens (primary N) is 1. The molecule has 0 aliphatic heterocycles. The molecule has 66 heavy (non-hydrogen) atoms. The van der Waals surface area contributed by atoms with Crippen molar-refractivity contribution in [2.45, 2.75) is 47.0 Å². The van der Waals surface area contributed by atoms with Crippen LogP contribution < -0.4 is 11.1 Å². The van der Waals surface area contributed by atoms with Gasteiger partial charge >= 0.3 is 0 Å². The Morgan fingerprint density at radius 3 is 1.36 bits per heavy atom. The first-order valence-corrected chi connectivity index (χ1v) is 23.2. The van der Waals surface area contributed by atoms with Gasteiger partial charge in [-0.15, -0.1) is 0 Å². The molecule has 0 fully saturated rings. The zero-order chi connectivity index (χ0) is 46.4. The first-order valence-electron chi connectivity index (χ1n) is 23.2. The number of fused-ring (bicyclic) bond motifs is 1. The monoisotopic (exact) mass is 861 g/mol. The van der Waals surface area contributed by atoms with E-state index >= 15 is 0 Å². The Morgan fingerprint density at radius 1 is 0.439 bits per heavy atom. The van der Waals surface area contributed by atoms with E-state index in [-0.39, 0.29) is 0 Å². The minimum Gasteiger partial charge on any atom is -0.398 e. The summed E-state index contributed by atoms with van der Waals surface area (Å²) in [6.45, 7) is 13.8. The minimum atomic E-state index is 0.710. The van der Waals surface area contributed by atoms with Gasteiger partial charge in [-0.1, -0.05) is 256 Å². The lowest BCUT2D eigenvalue weighted by atomic mass is 9.99. The Kier molecular flexibility index (Phi) is 18.5. The molecule has 0 saturated heterocycles. The fourth-order valence-electron chi connectivity index (χ4n) is 7.46. The van der Waals surface area contributed by atoms with Gasteiger partial charge in [-0.2, -0.15) is 0 Å². The Labute approximate surface area is 394 Å². The van der Waals surface area contributed by atoms with Gasteiger partial charge in [0, 0.05) is 17.9 Å². The minimum absolute atomic E-state index is 0.710. The summed E-state index contributed by atoms with van der Waals surface area (Å²) in [6.07, 6.45) is 5.49. The van der Waals surface area contributed by atoms with Gasteiger partial charge in [-0.25, -0.2) is 0 Å². The molecule has 0 spiro atoms. The van der Waals surface area contributed by atoms with Gasteiger partial charge in [0.15, 0.2) is 0 Å². The number of anilines is 1. The smallest absolute Gasteiger partial charge is 0.0393 e. The third kappa shape index (κ3) is 14.7. The molecule has 9 aromatic carbocycles. The van der Waals surface area contributed by atoms with E-state index < -0.39 is 0 Å². The van der Waals surface area contributed by atoms with E-state index in [0.717, 1.165) is 29.7 Å². The van der Waals surface area contributed by atoms with Crippen molar-refractivity contribution in [3.05, 3.63) is 271 Å². The summed E-state index contributed by atoms with van der Waals surface area (Å²) in [5.74, 6) is 0. The van der Waals surface area contributed by atoms with E-state index in [4.69, 9.17) is 5.73 Å². The molecule has 0 bridgehead atoms. The molecule has 0 aliphatic carbocycles. The second kappa shape index (κ2) is 25.6. The van der Waals surface area contributed by atoms with Crippen molar-refractivity contribution in [1.29, 1.82) is 0 Å². The predicted octanol–water partition coefficient (Wildman–Crippen LogP) is 17.3. The Morgan fingerprint density at radius 2 is 0.864 bits per heavy atom. The second-order valence-electron chi connectivity index (χ2n) is 16.4. The summed E-state index contributed by atoms with van der Waals surface area (Å²) in [5, 5.41) is 6.15. The lowest BCUT2D eigenvalue weighted by molar-refractivity contribution is 0.930. The highest BCUT2D eigenvalue weighted by Crippen LogP contribution is 2.26. The summed E-state index contributed by atoms with van der Waals surface area (Å²) in [4.78, 5) is 0. The summed E-state index contributed by atoms with van der Waals surface area (Å²) in [7, 11) is 0. The zero-order valence-electron chi connectivity index (χ0n) is 39.1. The normalized spacial score (nSPS) is 10.6. The van der Waals surface area contributed by atoms with Crippen molar-refractivity contribution >= 4 is 27.7 Å². The van der Waals surface area contributed by atoms with Crippen LogP contribution in [0.3, 0.4) is 0 Å². The molecule has 0 aliphatic rings. The van der Waals surface area contributed by atoms with Gasteiger partial charge in [0.2, 0.25) is 0 Å². The summed E-state index contributed by atoms with van der Waals surface area (Å²) < 4.78 is 0. The maximum absolute atomic E-state index is 6.34. The van der Waals surface area contributed by atoms with Crippen LogP contribution in [-0.2, 0) is 6.42 Å². The SMILES string of the molecule is C=C(/C=C(\N)c1ccc(-c2ccccc2)cc1)c1ccc(-c2ccccc2)cc1.CCCNc1ccc(-c2ccc(C)cc2)cc1.CCCc1cccc2ccccc12.Cc1ccccc1. The van der Waals surface area contributed by atoms with Gasteiger partial charge in [0.25, 0.3) is 0 Å². The van der Waals surface area contributed by atoms with Gasteiger partial charge in [0.05, 0.1) is 0 Å². The van der Waals surface area contributed by atoms with Crippen LogP contribution in [-0.4, -0.2) is 6.54 Å². The molecule has 0 atom stereocenters. The van der Waals surface area contributed by atoms with Crippen LogP contribution in [0.25, 0.3) is 55.4 Å². The number of benzene rings is 9. The van der Waals surface area contributed by atoms with Crippen LogP contribution in [0.2, 0.25) is 0 Å². The fraction of sp³-hybridized carbons (Fsp3) is 0.125. The molecule has 0 aromatic heterocycles. The molecule has 2 nitrogen and oxygen atoms in total. The largest absolute Gasteiger partial charge is 0.398 e. The molecular formula is C64H64N2. The molecular weight excluding hydrogens is 797 g/mol. The van der Waals surface area contributed by atoms with Crippen LogP contribution in [0.1, 0.15) is 54.5 Å². The quantitative estimate of drug-likeness (QED) is 0.127. The molecule has 3 N–H and O–H groups in total. The van der Waals surface area contributed by atoms with Crippen molar-refractivity contribution in [2.75, 3.05) is 11.9 Å². The number of nitrogens with one attached hydrogen (secondary N) is 1. The number of rotatable bonds is 11. The Bertz CT molecular complexity index is 2820. The first-order chi connectivity index (χ1) is 32.3. The summed E-state index contributed by atoms with van der Waals surface area (Å²) in [6, 6.07) is 80.1. The average molecular weight is 861 g/mol. The predicted molar refractivity (Wildman–Crippen MR) is 289 cm³/mol. The average Bonchev–Trinajstić information content (AvgIpc) is 3.38. The van der Waals surface area contributed by atoms with Gasteiger partial charge in [0.1, 0.15) is 0 Å². The van der Waals surface area contributed by atoms with Crippen LogP contribution in [0.4, 0.5) is 5.69 Å². The van der Waals surface area contributed by atoms with E-state index in [0.29, 0.717) is 5.70 Å². The molecule has 0 saturated carbocycles. The van der Waals surface area contributed by atoms with Gasteiger partial charge in [-0.05, 0) is 111 Å². The van der Waals surface area contributed by atoms with Crippen molar-refractivity contribution in [1.82, 2.24) is 0 Å². The topological polar surface area (TPSA) is 38.0 Å². The van der Waals surface area contributed by atoms with E-state index in [9.17, 15) is 0 Å². The van der Waals surface area contributed by atoms with Crippen molar-refractivity contribution in [3.63, 3.8) is 0 Å². The maximum atomic E-state index is 6.34. The van der Waals surface area contributed by atoms with E-state index in [1.807, 2.05) is 48.5 Å². The third-order valence-corrected chi connectivity index (χ3v) is 11.2. The van der Waals surface area contributed by atoms with E-state index in [2.05, 4.69) is 228 Å². The first kappa shape index (κ1) is 47.8. The van der Waals surface area contributed by atoms with Crippen molar-refractivity contribution < 1.29 is 0 Å². The maximum Gasteiger partial charge on any atom is 0.0393 e. The van der Waals surface area contributed by atoms with E-state index in [1.54, 1.807) is 0 Å². The molecule has 9 rings (SSSR count). The second-order valence-corrected chi connectivity index (χ2v) is 16.4. The molecule has 0 radical (unpaired) electrons. The highest BCUT2D eigenvalue weighted by molar-refractivity contribution is 5.86. The van der Waals surface area contributed by atoms with Crippen LogP contribution in [0.5, 0.6) is 0 Å². The van der Waals surface area contributed by atoms with Crippen LogP contribution in [0.15, 0.2) is 243 Å². The molecule has 2 heteroatoms. The Hall–Kier alpha value is -7.68. The summed E-state index contributed by atoms with van der Waals surface area (Å²) in [5.41, 5.74) is 22.6. The van der Waals surface area contributed by atoms with Crippen molar-refractivity contribution in [2.24, 2.45) is 5.73 Å². The van der Waals surface area contributed by atoms with Gasteiger partial charge in [-0.3, -0.25) is 0 Å². The molecule has 0 heterocycles. The van der Waals surface area contributed by atoms with Crippen molar-refractivity contribution in [3.8, 4) is 33.4 Å². The standard InChI is InChI=1S/C28H23N.C16H19N.C13H14.C7H8/c1-21(22-12-14-25(15-13-22)23-8-4-2-5-9-23)20-28(29)27-18-16-26(17-19-27)24-10-6-3-7-11-24;1-3-12-17-16-10-8-15(9-11-16)14-6-4-13(2)5-7-14;1-2-6-11-8-5-9-12-7-3-4-10-13(11)12;1-7-5-3-2-4-6-7/h2-20H,1,29H2;4-11,17H,3,12H2,1-2H3;3-5,7-10H,2,6H2,1H3;2-6H,1H3/b28-20-;;;. The number of hydrogen-bond donors (Lipinski definition) is 2. The van der Waals surface area contributed by atoms with E-state index in [1.165, 1.54) is 79.4 Å². The van der Waals surface area contributed by atoms with Gasteiger partial charge < -0.3 is 11.1 Å². The lowest BCUT2D eigenvalue weighted by Gasteiger charge is -2.08. The molecule has 9 aromatic rings. The lowest BCUT2D eigenvalue weighted by Crippen LogP contribution is -1.98. The number of allylic oxidation sites excluding steroid dienone is 2. The highest BCUT2D eigenvalue weighted by Gasteiger charge is 2.04. The Balaban J connectivity index is 0.000000164. The third-order valence-electron chi connectivity index (χ3n) is 11.2. The van der Waals surface area contributed by atoms with Crippen LogP contribution in [0, 0.1) is 13.8 Å². The number of aryl methyl sites for hydroxylation is 3. The molecule has 0 amide bonds. The number of hydrogen-bond acceptors (Lipinski definition) is 2. The molecule has 0 unspecified atom stereocenters. The highest BCUT2D eigenvalue weighted by atomic mass is 14.9. The zero-order valence-corrected chi connectivity index (χ0v) is 39.1. The molecule has 330 valence electrons. The summed E-state index contributed by atoms with van der Waals surface area (Å²) >= 11 is 0. The fourth-order valence-corrected chi connectivity index (χ4v) is 7.46. The van der Waals surface area contributed by atoms with Crippen LogP contribution >= 0.6 is 0 Å².